The van der Waals surface area contributed by atoms with Crippen molar-refractivity contribution >= 4 is 5.91 Å². The van der Waals surface area contributed by atoms with Gasteiger partial charge in [-0.15, -0.1) is 0 Å². The SMILES string of the molecule is CC.CCCCCCC(=O)NC(CCCCC)CCCCC.[HH]. The van der Waals surface area contributed by atoms with Crippen LogP contribution in [0.2, 0.25) is 0 Å². The summed E-state index contributed by atoms with van der Waals surface area (Å²) in [5.74, 6) is 0.277. The molecule has 136 valence electrons. The topological polar surface area (TPSA) is 29.1 Å². The largest absolute Gasteiger partial charge is 0.353 e. The van der Waals surface area contributed by atoms with E-state index in [1.165, 1.54) is 57.8 Å². The minimum absolute atomic E-state index is 0. The molecule has 0 aliphatic heterocycles. The van der Waals surface area contributed by atoms with E-state index in [4.69, 9.17) is 0 Å². The Hall–Kier alpha value is -0.530. The highest BCUT2D eigenvalue weighted by Crippen LogP contribution is 2.12. The lowest BCUT2D eigenvalue weighted by atomic mass is 10.0. The van der Waals surface area contributed by atoms with E-state index in [0.717, 1.165) is 25.7 Å². The van der Waals surface area contributed by atoms with Crippen LogP contribution >= 0.6 is 0 Å². The summed E-state index contributed by atoms with van der Waals surface area (Å²) in [6, 6.07) is 0.423. The van der Waals surface area contributed by atoms with Gasteiger partial charge in [0.05, 0.1) is 0 Å². The van der Waals surface area contributed by atoms with Crippen molar-refractivity contribution in [2.45, 2.75) is 124 Å². The van der Waals surface area contributed by atoms with Crippen LogP contribution in [0.3, 0.4) is 0 Å². The van der Waals surface area contributed by atoms with E-state index in [2.05, 4.69) is 26.1 Å². The van der Waals surface area contributed by atoms with E-state index in [-0.39, 0.29) is 7.33 Å². The number of rotatable bonds is 14. The van der Waals surface area contributed by atoms with Crippen LogP contribution in [0, 0.1) is 0 Å². The summed E-state index contributed by atoms with van der Waals surface area (Å²) < 4.78 is 0. The molecule has 0 radical (unpaired) electrons. The number of carbonyl (C=O) groups excluding carboxylic acids is 1. The summed E-state index contributed by atoms with van der Waals surface area (Å²) in [5, 5.41) is 3.27. The van der Waals surface area contributed by atoms with Gasteiger partial charge in [-0.25, -0.2) is 0 Å². The number of unbranched alkanes of at least 4 members (excludes halogenated alkanes) is 7. The molecule has 0 rings (SSSR count). The molecular weight excluding hydrogens is 270 g/mol. The van der Waals surface area contributed by atoms with Gasteiger partial charge in [-0.3, -0.25) is 4.79 Å². The second-order valence-corrected chi connectivity index (χ2v) is 6.07. The van der Waals surface area contributed by atoms with Crippen LogP contribution in [0.25, 0.3) is 0 Å². The highest BCUT2D eigenvalue weighted by Gasteiger charge is 2.11. The van der Waals surface area contributed by atoms with Gasteiger partial charge in [-0.1, -0.05) is 92.4 Å². The van der Waals surface area contributed by atoms with Gasteiger partial charge in [0.15, 0.2) is 0 Å². The first-order chi connectivity index (χ1) is 10.7. The second-order valence-electron chi connectivity index (χ2n) is 6.07. The Morgan fingerprint density at radius 2 is 1.23 bits per heavy atom. The van der Waals surface area contributed by atoms with Gasteiger partial charge >= 0.3 is 0 Å². The molecule has 0 fully saturated rings. The van der Waals surface area contributed by atoms with Gasteiger partial charge in [0, 0.05) is 13.9 Å². The monoisotopic (exact) mass is 315 g/mol. The molecule has 1 amide bonds. The number of nitrogens with one attached hydrogen (secondary N) is 1. The van der Waals surface area contributed by atoms with E-state index in [9.17, 15) is 4.79 Å². The van der Waals surface area contributed by atoms with Crippen molar-refractivity contribution in [2.75, 3.05) is 0 Å². The average Bonchev–Trinajstić information content (AvgIpc) is 2.54. The summed E-state index contributed by atoms with van der Waals surface area (Å²) in [6.45, 7) is 10.7. The Labute approximate surface area is 142 Å². The van der Waals surface area contributed by atoms with Gasteiger partial charge < -0.3 is 5.32 Å². The van der Waals surface area contributed by atoms with E-state index >= 15 is 0 Å². The summed E-state index contributed by atoms with van der Waals surface area (Å²) in [7, 11) is 0. The molecular formula is C20H45NO. The van der Waals surface area contributed by atoms with Crippen molar-refractivity contribution < 1.29 is 6.22 Å². The van der Waals surface area contributed by atoms with Crippen molar-refractivity contribution in [1.29, 1.82) is 0 Å². The summed E-state index contributed by atoms with van der Waals surface area (Å²) in [6.07, 6.45) is 15.4. The van der Waals surface area contributed by atoms with E-state index in [0.29, 0.717) is 6.04 Å². The summed E-state index contributed by atoms with van der Waals surface area (Å²) >= 11 is 0. The summed E-state index contributed by atoms with van der Waals surface area (Å²) in [4.78, 5) is 12.0. The van der Waals surface area contributed by atoms with Crippen molar-refractivity contribution in [3.05, 3.63) is 0 Å². The van der Waals surface area contributed by atoms with Gasteiger partial charge in [-0.05, 0) is 19.3 Å². The number of amides is 1. The van der Waals surface area contributed by atoms with Crippen molar-refractivity contribution in [2.24, 2.45) is 0 Å². The van der Waals surface area contributed by atoms with Gasteiger partial charge in [0.25, 0.3) is 0 Å². The molecule has 0 bridgehead atoms. The molecule has 0 aromatic carbocycles. The lowest BCUT2D eigenvalue weighted by Gasteiger charge is -2.18. The highest BCUT2D eigenvalue weighted by atomic mass is 16.1. The quantitative estimate of drug-likeness (QED) is 0.348. The molecule has 0 saturated heterocycles. The Balaban J connectivity index is -0.00000128. The van der Waals surface area contributed by atoms with Crippen LogP contribution in [-0.4, -0.2) is 11.9 Å². The molecule has 0 unspecified atom stereocenters. The van der Waals surface area contributed by atoms with Gasteiger partial charge in [0.1, 0.15) is 0 Å². The zero-order chi connectivity index (χ0) is 17.1. The molecule has 0 aromatic rings. The lowest BCUT2D eigenvalue weighted by Crippen LogP contribution is -2.34. The van der Waals surface area contributed by atoms with E-state index in [1.54, 1.807) is 0 Å². The normalized spacial score (nSPS) is 10.3. The van der Waals surface area contributed by atoms with Crippen LogP contribution in [-0.2, 0) is 4.79 Å². The molecule has 0 aliphatic carbocycles. The molecule has 2 nitrogen and oxygen atoms in total. The van der Waals surface area contributed by atoms with Gasteiger partial charge in [0.2, 0.25) is 5.91 Å². The van der Waals surface area contributed by atoms with Crippen LogP contribution < -0.4 is 5.32 Å². The van der Waals surface area contributed by atoms with Crippen molar-refractivity contribution in [3.63, 3.8) is 0 Å². The number of hydrogen-bond acceptors (Lipinski definition) is 1. The maximum atomic E-state index is 12.0. The minimum atomic E-state index is 0. The first-order valence-electron chi connectivity index (χ1n) is 10.0. The molecule has 22 heavy (non-hydrogen) atoms. The molecule has 0 aliphatic rings. The first kappa shape index (κ1) is 23.7. The maximum absolute atomic E-state index is 12.0. The Morgan fingerprint density at radius 1 is 0.773 bits per heavy atom. The Bertz CT molecular complexity index is 212. The smallest absolute Gasteiger partial charge is 0.220 e. The van der Waals surface area contributed by atoms with Crippen LogP contribution in [0.5, 0.6) is 0 Å². The predicted octanol–water partition coefficient (Wildman–Crippen LogP) is 6.87. The maximum Gasteiger partial charge on any atom is 0.220 e. The molecule has 0 spiro atoms. The number of carbonyl (C=O) groups is 1. The molecule has 0 aromatic heterocycles. The fraction of sp³-hybridized carbons (Fsp3) is 0.950. The van der Waals surface area contributed by atoms with Crippen molar-refractivity contribution in [3.8, 4) is 0 Å². The van der Waals surface area contributed by atoms with E-state index in [1.807, 2.05) is 13.8 Å². The molecule has 1 N–H and O–H groups in total. The zero-order valence-electron chi connectivity index (χ0n) is 16.2. The molecule has 2 heteroatoms. The third-order valence-electron chi connectivity index (χ3n) is 3.93. The van der Waals surface area contributed by atoms with Crippen LogP contribution in [0.15, 0.2) is 0 Å². The fourth-order valence-electron chi connectivity index (χ4n) is 2.58. The fourth-order valence-corrected chi connectivity index (χ4v) is 2.58. The van der Waals surface area contributed by atoms with Crippen LogP contribution in [0.4, 0.5) is 0 Å². The third-order valence-corrected chi connectivity index (χ3v) is 3.93. The minimum Gasteiger partial charge on any atom is -0.353 e. The van der Waals surface area contributed by atoms with Gasteiger partial charge in [-0.2, -0.15) is 0 Å². The predicted molar refractivity (Wildman–Crippen MR) is 102 cm³/mol. The zero-order valence-corrected chi connectivity index (χ0v) is 16.2. The van der Waals surface area contributed by atoms with Crippen LogP contribution in [0.1, 0.15) is 120 Å². The third kappa shape index (κ3) is 17.5. The molecule has 0 atom stereocenters. The molecule has 0 saturated carbocycles. The molecule has 0 heterocycles. The standard InChI is InChI=1S/C18H37NO.C2H6.H2/c1-4-7-10-13-16-18(20)19-17(14-11-8-5-2)15-12-9-6-3;1-2;/h17H,4-16H2,1-3H3,(H,19,20);1-2H3;1H. The highest BCUT2D eigenvalue weighted by molar-refractivity contribution is 5.76. The van der Waals surface area contributed by atoms with Crippen molar-refractivity contribution in [1.82, 2.24) is 5.32 Å². The Morgan fingerprint density at radius 3 is 1.68 bits per heavy atom. The number of hydrogen-bond donors (Lipinski definition) is 1. The lowest BCUT2D eigenvalue weighted by molar-refractivity contribution is -0.122. The van der Waals surface area contributed by atoms with E-state index < -0.39 is 0 Å². The average molecular weight is 316 g/mol. The second kappa shape index (κ2) is 20.5. The Kier molecular flexibility index (Phi) is 22.1. The summed E-state index contributed by atoms with van der Waals surface area (Å²) in [5.41, 5.74) is 0. The first-order valence-corrected chi connectivity index (χ1v) is 10.0.